The normalized spacial score (nSPS) is 20.9. The van der Waals surface area contributed by atoms with Crippen LogP contribution >= 0.6 is 0 Å². The van der Waals surface area contributed by atoms with Crippen molar-refractivity contribution in [3.63, 3.8) is 0 Å². The number of carboxylic acid groups (broad SMARTS) is 1. The third-order valence-electron chi connectivity index (χ3n) is 8.04. The van der Waals surface area contributed by atoms with Gasteiger partial charge >= 0.3 is 18.2 Å². The van der Waals surface area contributed by atoms with Gasteiger partial charge in [0.05, 0.1) is 6.54 Å². The maximum Gasteiger partial charge on any atom is 0.410 e. The highest BCUT2D eigenvalue weighted by atomic mass is 16.6. The molecule has 38 heavy (non-hydrogen) atoms. The zero-order chi connectivity index (χ0) is 27.1. The highest BCUT2D eigenvalue weighted by Gasteiger charge is 2.54. The van der Waals surface area contributed by atoms with Gasteiger partial charge in [0.25, 0.3) is 0 Å². The lowest BCUT2D eigenvalue weighted by Gasteiger charge is -2.41. The Labute approximate surface area is 223 Å². The van der Waals surface area contributed by atoms with Crippen LogP contribution in [0, 0.1) is 5.92 Å². The number of fused-ring (bicyclic) bond motifs is 3. The summed E-state index contributed by atoms with van der Waals surface area (Å²) in [6.07, 6.45) is 1.85. The van der Waals surface area contributed by atoms with Crippen LogP contribution < -0.4 is 0 Å². The van der Waals surface area contributed by atoms with E-state index in [1.165, 1.54) is 9.80 Å². The largest absolute Gasteiger partial charge is 0.479 e. The highest BCUT2D eigenvalue weighted by molar-refractivity contribution is 5.87. The molecule has 0 bridgehead atoms. The molecule has 0 radical (unpaired) electrons. The molecule has 1 unspecified atom stereocenters. The van der Waals surface area contributed by atoms with E-state index in [0.717, 1.165) is 41.5 Å². The van der Waals surface area contributed by atoms with Gasteiger partial charge in [-0.15, -0.1) is 0 Å². The molecule has 2 amide bonds. The van der Waals surface area contributed by atoms with Crippen molar-refractivity contribution in [2.24, 2.45) is 5.92 Å². The summed E-state index contributed by atoms with van der Waals surface area (Å²) < 4.78 is 11.4. The van der Waals surface area contributed by atoms with Crippen LogP contribution in [0.1, 0.15) is 63.5 Å². The first-order valence-corrected chi connectivity index (χ1v) is 13.4. The predicted molar refractivity (Wildman–Crippen MR) is 142 cm³/mol. The van der Waals surface area contributed by atoms with E-state index in [4.69, 9.17) is 9.47 Å². The van der Waals surface area contributed by atoms with E-state index in [2.05, 4.69) is 12.1 Å². The first-order valence-electron chi connectivity index (χ1n) is 13.4. The number of benzene rings is 2. The van der Waals surface area contributed by atoms with Gasteiger partial charge in [-0.05, 0) is 61.8 Å². The van der Waals surface area contributed by atoms with E-state index >= 15 is 0 Å². The zero-order valence-electron chi connectivity index (χ0n) is 22.3. The molecule has 202 valence electrons. The Morgan fingerprint density at radius 1 is 1.03 bits per heavy atom. The van der Waals surface area contributed by atoms with Crippen molar-refractivity contribution >= 4 is 18.2 Å². The molecule has 0 aromatic heterocycles. The van der Waals surface area contributed by atoms with Crippen LogP contribution in [0.15, 0.2) is 48.5 Å². The lowest BCUT2D eigenvalue weighted by atomic mass is 9.83. The van der Waals surface area contributed by atoms with E-state index in [1.54, 1.807) is 20.8 Å². The number of nitrogens with zero attached hydrogens (tertiary/aromatic N) is 2. The Morgan fingerprint density at radius 2 is 1.63 bits per heavy atom. The minimum atomic E-state index is -1.56. The Morgan fingerprint density at radius 3 is 2.16 bits per heavy atom. The lowest BCUT2D eigenvalue weighted by molar-refractivity contribution is -0.150. The second kappa shape index (κ2) is 9.97. The zero-order valence-corrected chi connectivity index (χ0v) is 22.3. The van der Waals surface area contributed by atoms with Crippen molar-refractivity contribution in [2.75, 3.05) is 26.2 Å². The molecule has 1 N–H and O–H groups in total. The number of aliphatic carboxylic acids is 1. The summed E-state index contributed by atoms with van der Waals surface area (Å²) in [7, 11) is 0. The minimum Gasteiger partial charge on any atom is -0.479 e. The molecular weight excluding hydrogens is 484 g/mol. The molecule has 1 aliphatic heterocycles. The fourth-order valence-electron chi connectivity index (χ4n) is 5.82. The average molecular weight is 521 g/mol. The number of amides is 2. The summed E-state index contributed by atoms with van der Waals surface area (Å²) >= 11 is 0. The van der Waals surface area contributed by atoms with Gasteiger partial charge in [-0.2, -0.15) is 0 Å². The molecule has 2 aliphatic carbocycles. The van der Waals surface area contributed by atoms with E-state index in [9.17, 15) is 19.5 Å². The summed E-state index contributed by atoms with van der Waals surface area (Å²) in [5.74, 6) is -1.03. The maximum absolute atomic E-state index is 13.7. The van der Waals surface area contributed by atoms with E-state index < -0.39 is 29.3 Å². The topological polar surface area (TPSA) is 96.4 Å². The van der Waals surface area contributed by atoms with Crippen LogP contribution in [0.2, 0.25) is 0 Å². The van der Waals surface area contributed by atoms with Crippen molar-refractivity contribution in [1.29, 1.82) is 0 Å². The highest BCUT2D eigenvalue weighted by Crippen LogP contribution is 2.45. The summed E-state index contributed by atoms with van der Waals surface area (Å²) in [6, 6.07) is 16.2. The quantitative estimate of drug-likeness (QED) is 0.540. The summed E-state index contributed by atoms with van der Waals surface area (Å²) in [5.41, 5.74) is 2.18. The van der Waals surface area contributed by atoms with Gasteiger partial charge in [0.15, 0.2) is 5.54 Å². The van der Waals surface area contributed by atoms with Gasteiger partial charge in [-0.25, -0.2) is 14.4 Å². The van der Waals surface area contributed by atoms with Crippen LogP contribution in [0.5, 0.6) is 0 Å². The number of carboxylic acids is 1. The molecule has 3 aliphatic rings. The number of carbonyl (C=O) groups excluding carboxylic acids is 2. The fourth-order valence-corrected chi connectivity index (χ4v) is 5.82. The number of carbonyl (C=O) groups is 3. The molecule has 1 atom stereocenters. The molecule has 2 aromatic rings. The molecular formula is C30H36N2O6. The molecule has 0 spiro atoms. The first kappa shape index (κ1) is 26.1. The van der Waals surface area contributed by atoms with Gasteiger partial charge in [0, 0.05) is 25.4 Å². The number of ether oxygens (including phenoxy) is 2. The van der Waals surface area contributed by atoms with Crippen LogP contribution in [-0.2, 0) is 14.3 Å². The maximum atomic E-state index is 13.7. The first-order chi connectivity index (χ1) is 18.1. The third kappa shape index (κ3) is 4.84. The standard InChI is InChI=1S/C30H36N2O6/c1-29(2,3)38-27(35)31-16-15-30(19-31,26(33)34)32(17-20-9-8-10-20)28(36)37-18-25-23-13-6-4-11-21(23)22-12-5-7-14-24(22)25/h4-7,11-14,20,25H,8-10,15-19H2,1-3H3,(H,33,34). The Bertz CT molecular complexity index is 1190. The van der Waals surface area contributed by atoms with E-state index in [1.807, 2.05) is 36.4 Å². The fraction of sp³-hybridized carbons (Fsp3) is 0.500. The number of hydrogen-bond donors (Lipinski definition) is 1. The van der Waals surface area contributed by atoms with E-state index in [0.29, 0.717) is 6.54 Å². The number of likely N-dealkylation sites (tertiary alicyclic amines) is 1. The van der Waals surface area contributed by atoms with Gasteiger partial charge in [-0.1, -0.05) is 55.0 Å². The van der Waals surface area contributed by atoms with Crippen molar-refractivity contribution in [3.05, 3.63) is 59.7 Å². The lowest BCUT2D eigenvalue weighted by Crippen LogP contribution is -2.60. The summed E-state index contributed by atoms with van der Waals surface area (Å²) in [4.78, 5) is 42.0. The Kier molecular flexibility index (Phi) is 6.84. The Balaban J connectivity index is 1.37. The molecule has 8 heteroatoms. The van der Waals surface area contributed by atoms with Crippen LogP contribution in [0.25, 0.3) is 11.1 Å². The summed E-state index contributed by atoms with van der Waals surface area (Å²) in [6.45, 7) is 5.78. The number of rotatable bonds is 6. The molecule has 5 rings (SSSR count). The second-order valence-corrected chi connectivity index (χ2v) is 11.7. The van der Waals surface area contributed by atoms with Gasteiger partial charge in [0.2, 0.25) is 0 Å². The molecule has 1 saturated carbocycles. The van der Waals surface area contributed by atoms with Crippen LogP contribution in [-0.4, -0.2) is 70.4 Å². The molecule has 2 fully saturated rings. The average Bonchev–Trinajstić information content (AvgIpc) is 3.42. The van der Waals surface area contributed by atoms with Crippen molar-refractivity contribution < 1.29 is 29.0 Å². The summed E-state index contributed by atoms with van der Waals surface area (Å²) in [5, 5.41) is 10.4. The second-order valence-electron chi connectivity index (χ2n) is 11.7. The van der Waals surface area contributed by atoms with Crippen molar-refractivity contribution in [3.8, 4) is 11.1 Å². The number of hydrogen-bond acceptors (Lipinski definition) is 5. The van der Waals surface area contributed by atoms with E-state index in [-0.39, 0.29) is 38.0 Å². The van der Waals surface area contributed by atoms with Gasteiger partial charge in [-0.3, -0.25) is 4.90 Å². The van der Waals surface area contributed by atoms with Crippen molar-refractivity contribution in [1.82, 2.24) is 9.80 Å². The van der Waals surface area contributed by atoms with Crippen molar-refractivity contribution in [2.45, 2.75) is 63.5 Å². The SMILES string of the molecule is CC(C)(C)OC(=O)N1CCC(C(=O)O)(N(CC2CCC2)C(=O)OCC2c3ccccc3-c3ccccc32)C1. The third-order valence-corrected chi connectivity index (χ3v) is 8.04. The smallest absolute Gasteiger partial charge is 0.410 e. The monoisotopic (exact) mass is 520 g/mol. The van der Waals surface area contributed by atoms with Crippen LogP contribution in [0.4, 0.5) is 9.59 Å². The molecule has 8 nitrogen and oxygen atoms in total. The van der Waals surface area contributed by atoms with Crippen LogP contribution in [0.3, 0.4) is 0 Å². The van der Waals surface area contributed by atoms with Gasteiger partial charge in [0.1, 0.15) is 12.2 Å². The molecule has 1 heterocycles. The predicted octanol–water partition coefficient (Wildman–Crippen LogP) is 5.50. The minimum absolute atomic E-state index is 0.111. The van der Waals surface area contributed by atoms with Gasteiger partial charge < -0.3 is 19.5 Å². The molecule has 2 aromatic carbocycles. The molecule has 1 saturated heterocycles. The Hall–Kier alpha value is -3.55.